The Morgan fingerprint density at radius 3 is 1.42 bits per heavy atom. The molecule has 0 radical (unpaired) electrons. The minimum absolute atomic E-state index is 0.0319. The fourth-order valence-corrected chi connectivity index (χ4v) is 7.43. The second kappa shape index (κ2) is 17.3. The van der Waals surface area contributed by atoms with Crippen molar-refractivity contribution in [2.75, 3.05) is 0 Å². The Labute approximate surface area is 316 Å². The Hall–Kier alpha value is -4.81. The van der Waals surface area contributed by atoms with E-state index in [0.717, 1.165) is 62.1 Å². The van der Waals surface area contributed by atoms with Gasteiger partial charge in [0, 0.05) is 46.9 Å². The first kappa shape index (κ1) is 42.9. The summed E-state index contributed by atoms with van der Waals surface area (Å²) in [6.45, 7) is 7.12. The summed E-state index contributed by atoms with van der Waals surface area (Å²) in [5.74, 6) is -3.62. The van der Waals surface area contributed by atoms with Gasteiger partial charge in [-0.25, -0.2) is 14.8 Å². The number of hydrogen-bond donors (Lipinski definition) is 2. The number of carboxylic acids is 2. The maximum absolute atomic E-state index is 13.1. The van der Waals surface area contributed by atoms with Gasteiger partial charge in [-0.15, -0.1) is 22.7 Å². The molecule has 0 bridgehead atoms. The molecule has 3 aromatic carbocycles. The highest BCUT2D eigenvalue weighted by Gasteiger charge is 2.38. The van der Waals surface area contributed by atoms with Crippen LogP contribution in [0.1, 0.15) is 55.4 Å². The van der Waals surface area contributed by atoms with Crippen LogP contribution in [0.5, 0.6) is 0 Å². The third-order valence-corrected chi connectivity index (χ3v) is 10.5. The fraction of sp³-hybridized carbons (Fsp3) is 0.297. The van der Waals surface area contributed by atoms with Crippen LogP contribution in [0.2, 0.25) is 0 Å². The van der Waals surface area contributed by atoms with Crippen LogP contribution in [0.25, 0.3) is 21.1 Å². The number of carboxylic acid groups (broad SMARTS) is 2. The summed E-state index contributed by atoms with van der Waals surface area (Å²) in [5, 5.41) is 17.4. The van der Waals surface area contributed by atoms with Crippen LogP contribution in [-0.4, -0.2) is 43.2 Å². The number of benzene rings is 3. The molecule has 2 N–H and O–H groups in total. The van der Waals surface area contributed by atoms with E-state index >= 15 is 0 Å². The average molecular weight is 818 g/mol. The highest BCUT2D eigenvalue weighted by molar-refractivity contribution is 7.15. The normalized spacial score (nSPS) is 12.1. The SMILES string of the molecule is Cc1cc(CN(Cc2sc(-c3ccc(C(F)(F)F)cc3)nc2C)Cc2sc(-c3ccc(C(F)(F)F)cc3)nc2C)ccc1CCC(=O)O.O=C(O)C(F)(F)F. The largest absolute Gasteiger partial charge is 0.490 e. The number of hydrogen-bond acceptors (Lipinski definition) is 7. The molecule has 0 aliphatic heterocycles. The number of thiazole rings is 2. The van der Waals surface area contributed by atoms with Crippen molar-refractivity contribution in [1.82, 2.24) is 14.9 Å². The van der Waals surface area contributed by atoms with Crippen molar-refractivity contribution in [1.29, 1.82) is 0 Å². The molecule has 7 nitrogen and oxygen atoms in total. The zero-order chi connectivity index (χ0) is 40.9. The summed E-state index contributed by atoms with van der Waals surface area (Å²) < 4.78 is 110. The number of nitrogens with zero attached hydrogens (tertiary/aromatic N) is 3. The number of rotatable bonds is 11. The van der Waals surface area contributed by atoms with E-state index < -0.39 is 41.6 Å². The van der Waals surface area contributed by atoms with E-state index in [4.69, 9.17) is 15.0 Å². The van der Waals surface area contributed by atoms with Crippen molar-refractivity contribution in [3.63, 3.8) is 0 Å². The second-order valence-corrected chi connectivity index (χ2v) is 14.5. The van der Waals surface area contributed by atoms with Gasteiger partial charge in [0.05, 0.1) is 22.5 Å². The summed E-state index contributed by atoms with van der Waals surface area (Å²) in [6.07, 6.45) is -13.5. The lowest BCUT2D eigenvalue weighted by molar-refractivity contribution is -0.192. The molecule has 0 saturated heterocycles. The third kappa shape index (κ3) is 12.1. The Kier molecular flexibility index (Phi) is 13.5. The van der Waals surface area contributed by atoms with E-state index in [9.17, 15) is 44.3 Å². The minimum atomic E-state index is -5.08. The van der Waals surface area contributed by atoms with E-state index in [2.05, 4.69) is 14.9 Å². The number of aromatic nitrogens is 2. The molecule has 294 valence electrons. The van der Waals surface area contributed by atoms with Gasteiger partial charge in [-0.05, 0) is 68.1 Å². The van der Waals surface area contributed by atoms with Crippen molar-refractivity contribution >= 4 is 34.6 Å². The Balaban J connectivity index is 0.000000876. The minimum Gasteiger partial charge on any atom is -0.481 e. The maximum atomic E-state index is 13.1. The highest BCUT2D eigenvalue weighted by atomic mass is 32.1. The molecule has 5 aromatic rings. The van der Waals surface area contributed by atoms with Crippen molar-refractivity contribution in [3.05, 3.63) is 116 Å². The summed E-state index contributed by atoms with van der Waals surface area (Å²) in [7, 11) is 0. The smallest absolute Gasteiger partial charge is 0.481 e. The first-order valence-electron chi connectivity index (χ1n) is 16.1. The molecule has 0 fully saturated rings. The van der Waals surface area contributed by atoms with E-state index in [1.165, 1.54) is 46.9 Å². The Morgan fingerprint density at radius 2 is 1.07 bits per heavy atom. The lowest BCUT2D eigenvalue weighted by Crippen LogP contribution is -2.22. The molecule has 0 aliphatic carbocycles. The van der Waals surface area contributed by atoms with Crippen LogP contribution in [0.4, 0.5) is 39.5 Å². The quantitative estimate of drug-likeness (QED) is 0.128. The molecule has 0 aliphatic rings. The molecule has 5 rings (SSSR count). The van der Waals surface area contributed by atoms with Crippen LogP contribution in [0.15, 0.2) is 66.7 Å². The molecule has 0 saturated carbocycles. The van der Waals surface area contributed by atoms with Gasteiger partial charge in [0.15, 0.2) is 0 Å². The van der Waals surface area contributed by atoms with E-state index in [0.29, 0.717) is 47.2 Å². The monoisotopic (exact) mass is 817 g/mol. The van der Waals surface area contributed by atoms with Gasteiger partial charge in [0.2, 0.25) is 0 Å². The van der Waals surface area contributed by atoms with Gasteiger partial charge in [0.25, 0.3) is 0 Å². The van der Waals surface area contributed by atoms with Crippen molar-refractivity contribution in [2.24, 2.45) is 0 Å². The molecular formula is C37H32F9N3O4S2. The lowest BCUT2D eigenvalue weighted by atomic mass is 10.0. The molecule has 55 heavy (non-hydrogen) atoms. The summed E-state index contributed by atoms with van der Waals surface area (Å²) in [6, 6.07) is 15.8. The van der Waals surface area contributed by atoms with Crippen LogP contribution in [0.3, 0.4) is 0 Å². The molecular weight excluding hydrogens is 786 g/mol. The molecule has 18 heteroatoms. The average Bonchev–Trinajstić information content (AvgIpc) is 3.64. The highest BCUT2D eigenvalue weighted by Crippen LogP contribution is 2.36. The predicted molar refractivity (Wildman–Crippen MR) is 188 cm³/mol. The van der Waals surface area contributed by atoms with Crippen molar-refractivity contribution in [2.45, 2.75) is 71.8 Å². The maximum Gasteiger partial charge on any atom is 0.490 e. The summed E-state index contributed by atoms with van der Waals surface area (Å²) >= 11 is 2.81. The Bertz CT molecular complexity index is 2000. The molecule has 0 spiro atoms. The van der Waals surface area contributed by atoms with Crippen LogP contribution in [0, 0.1) is 20.8 Å². The van der Waals surface area contributed by atoms with E-state index in [1.807, 2.05) is 39.0 Å². The van der Waals surface area contributed by atoms with Crippen LogP contribution < -0.4 is 0 Å². The standard InChI is InChI=1S/C35H31F6N3O2S2.C2HF3O2/c1-20-16-23(4-5-24(20)10-15-31(45)46)17-44(18-29-21(2)42-32(47-29)25-6-11-27(12-7-25)34(36,37)38)19-30-22(3)43-33(48-30)26-8-13-28(14-9-26)35(39,40)41;3-2(4,5)1(6)7/h4-9,11-14,16H,10,15,17-19H2,1-3H3,(H,45,46);(H,6,7). The molecule has 0 amide bonds. The van der Waals surface area contributed by atoms with E-state index in [-0.39, 0.29) is 6.42 Å². The van der Waals surface area contributed by atoms with Crippen molar-refractivity contribution < 1.29 is 59.3 Å². The summed E-state index contributed by atoms with van der Waals surface area (Å²) in [5.41, 5.74) is 4.15. The fourth-order valence-electron chi connectivity index (χ4n) is 5.21. The van der Waals surface area contributed by atoms with Gasteiger partial charge in [-0.2, -0.15) is 39.5 Å². The van der Waals surface area contributed by atoms with Crippen LogP contribution >= 0.6 is 22.7 Å². The number of alkyl halides is 9. The number of carbonyl (C=O) groups is 2. The van der Waals surface area contributed by atoms with Gasteiger partial charge < -0.3 is 10.2 Å². The zero-order valence-electron chi connectivity index (χ0n) is 29.2. The van der Waals surface area contributed by atoms with Gasteiger partial charge in [0.1, 0.15) is 10.0 Å². The number of aryl methyl sites for hydroxylation is 4. The van der Waals surface area contributed by atoms with Gasteiger partial charge in [-0.1, -0.05) is 42.5 Å². The first-order valence-corrected chi connectivity index (χ1v) is 17.7. The number of halogens is 9. The molecule has 0 unspecified atom stereocenters. The van der Waals surface area contributed by atoms with Crippen LogP contribution in [-0.2, 0) is 48.0 Å². The second-order valence-electron chi connectivity index (χ2n) is 12.3. The molecule has 2 aromatic heterocycles. The zero-order valence-corrected chi connectivity index (χ0v) is 30.8. The first-order chi connectivity index (χ1) is 25.5. The lowest BCUT2D eigenvalue weighted by Gasteiger charge is -2.22. The Morgan fingerprint density at radius 1 is 0.655 bits per heavy atom. The van der Waals surface area contributed by atoms with Gasteiger partial charge in [-0.3, -0.25) is 9.69 Å². The molecule has 0 atom stereocenters. The number of aliphatic carboxylic acids is 2. The summed E-state index contributed by atoms with van der Waals surface area (Å²) in [4.78, 5) is 33.4. The van der Waals surface area contributed by atoms with Crippen molar-refractivity contribution in [3.8, 4) is 21.1 Å². The van der Waals surface area contributed by atoms with Gasteiger partial charge >= 0.3 is 30.5 Å². The molecule has 2 heterocycles. The topological polar surface area (TPSA) is 104 Å². The predicted octanol–water partition coefficient (Wildman–Crippen LogP) is 10.7. The third-order valence-electron chi connectivity index (χ3n) is 8.10. The van der Waals surface area contributed by atoms with E-state index in [1.54, 1.807) is 0 Å².